The van der Waals surface area contributed by atoms with Gasteiger partial charge in [-0.2, -0.15) is 4.98 Å². The predicted molar refractivity (Wildman–Crippen MR) is 78.0 cm³/mol. The van der Waals surface area contributed by atoms with Gasteiger partial charge in [-0.05, 0) is 29.8 Å². The number of amides is 1. The van der Waals surface area contributed by atoms with Crippen molar-refractivity contribution in [3.63, 3.8) is 0 Å². The molecule has 0 fully saturated rings. The molecule has 0 saturated heterocycles. The van der Waals surface area contributed by atoms with Crippen molar-refractivity contribution in [2.75, 3.05) is 0 Å². The maximum Gasteiger partial charge on any atom is 0.292 e. The Hall–Kier alpha value is -2.96. The van der Waals surface area contributed by atoms with E-state index in [4.69, 9.17) is 8.94 Å². The number of hydrogen-bond donors (Lipinski definition) is 1. The van der Waals surface area contributed by atoms with Crippen molar-refractivity contribution in [2.24, 2.45) is 0 Å². The maximum atomic E-state index is 12.8. The molecule has 0 atom stereocenters. The van der Waals surface area contributed by atoms with Crippen LogP contribution in [0.15, 0.2) is 51.6 Å². The Bertz CT molecular complexity index is 766. The third-order valence-corrected chi connectivity index (χ3v) is 3.20. The minimum Gasteiger partial charge on any atom is -0.469 e. The second kappa shape index (κ2) is 6.87. The van der Waals surface area contributed by atoms with E-state index < -0.39 is 5.91 Å². The molecular weight excluding hydrogens is 301 g/mol. The van der Waals surface area contributed by atoms with Gasteiger partial charge in [-0.25, -0.2) is 4.39 Å². The number of nitrogens with one attached hydrogen (secondary N) is 1. The lowest BCUT2D eigenvalue weighted by molar-refractivity contribution is 0.0937. The topological polar surface area (TPSA) is 81.2 Å². The van der Waals surface area contributed by atoms with Gasteiger partial charge in [0.2, 0.25) is 5.89 Å². The Balaban J connectivity index is 1.52. The molecule has 1 amide bonds. The number of aryl methyl sites for hydroxylation is 2. The highest BCUT2D eigenvalue weighted by atomic mass is 19.1. The van der Waals surface area contributed by atoms with Crippen LogP contribution in [0.3, 0.4) is 0 Å². The number of nitrogens with zero attached hydrogens (tertiary/aromatic N) is 2. The van der Waals surface area contributed by atoms with Crippen molar-refractivity contribution in [3.05, 3.63) is 71.5 Å². The highest BCUT2D eigenvalue weighted by molar-refractivity contribution is 5.90. The highest BCUT2D eigenvalue weighted by Crippen LogP contribution is 2.07. The number of carbonyl (C=O) groups is 1. The molecule has 6 nitrogen and oxygen atoms in total. The SMILES string of the molecule is O=C(NCc1ccc(F)cc1)c1noc(CCc2ccco2)n1. The molecule has 0 aliphatic rings. The van der Waals surface area contributed by atoms with Crippen LogP contribution in [0.5, 0.6) is 0 Å². The van der Waals surface area contributed by atoms with E-state index in [0.717, 1.165) is 11.3 Å². The molecule has 7 heteroatoms. The van der Waals surface area contributed by atoms with Crippen LogP contribution in [-0.4, -0.2) is 16.0 Å². The number of rotatable bonds is 6. The van der Waals surface area contributed by atoms with Gasteiger partial charge in [0.1, 0.15) is 11.6 Å². The quantitative estimate of drug-likeness (QED) is 0.756. The van der Waals surface area contributed by atoms with E-state index in [0.29, 0.717) is 18.7 Å². The van der Waals surface area contributed by atoms with Crippen LogP contribution in [0.4, 0.5) is 4.39 Å². The smallest absolute Gasteiger partial charge is 0.292 e. The van der Waals surface area contributed by atoms with Gasteiger partial charge in [-0.3, -0.25) is 4.79 Å². The number of halogens is 1. The molecule has 0 radical (unpaired) electrons. The molecule has 0 aliphatic carbocycles. The fourth-order valence-electron chi connectivity index (χ4n) is 2.00. The van der Waals surface area contributed by atoms with Crippen LogP contribution in [-0.2, 0) is 19.4 Å². The first-order chi connectivity index (χ1) is 11.2. The Kier molecular flexibility index (Phi) is 4.46. The number of carbonyl (C=O) groups excluding carboxylic acids is 1. The minimum atomic E-state index is -0.442. The van der Waals surface area contributed by atoms with Crippen LogP contribution in [0.25, 0.3) is 0 Å². The van der Waals surface area contributed by atoms with E-state index in [1.807, 2.05) is 6.07 Å². The number of hydrogen-bond acceptors (Lipinski definition) is 5. The summed E-state index contributed by atoms with van der Waals surface area (Å²) in [5.74, 6) is 0.391. The first-order valence-corrected chi connectivity index (χ1v) is 7.08. The van der Waals surface area contributed by atoms with Crippen molar-refractivity contribution in [1.29, 1.82) is 0 Å². The fourth-order valence-corrected chi connectivity index (χ4v) is 2.00. The van der Waals surface area contributed by atoms with Crippen molar-refractivity contribution >= 4 is 5.91 Å². The molecule has 2 aromatic heterocycles. The molecule has 0 bridgehead atoms. The average Bonchev–Trinajstić information content (AvgIpc) is 3.23. The van der Waals surface area contributed by atoms with Crippen LogP contribution < -0.4 is 5.32 Å². The molecule has 23 heavy (non-hydrogen) atoms. The van der Waals surface area contributed by atoms with E-state index in [2.05, 4.69) is 15.5 Å². The summed E-state index contributed by atoms with van der Waals surface area (Å²) >= 11 is 0. The van der Waals surface area contributed by atoms with Gasteiger partial charge in [0.25, 0.3) is 11.7 Å². The zero-order valence-electron chi connectivity index (χ0n) is 12.2. The molecule has 0 aliphatic heterocycles. The van der Waals surface area contributed by atoms with Gasteiger partial charge in [0.15, 0.2) is 0 Å². The van der Waals surface area contributed by atoms with Crippen molar-refractivity contribution < 1.29 is 18.1 Å². The molecule has 1 N–H and O–H groups in total. The lowest BCUT2D eigenvalue weighted by atomic mass is 10.2. The number of furan rings is 1. The summed E-state index contributed by atoms with van der Waals surface area (Å²) in [5.41, 5.74) is 0.779. The second-order valence-corrected chi connectivity index (χ2v) is 4.90. The van der Waals surface area contributed by atoms with Crippen molar-refractivity contribution in [1.82, 2.24) is 15.5 Å². The number of aromatic nitrogens is 2. The van der Waals surface area contributed by atoms with Crippen LogP contribution in [0, 0.1) is 5.82 Å². The molecule has 118 valence electrons. The standard InChI is InChI=1S/C16H14FN3O3/c17-12-5-3-11(4-6-12)10-18-16(21)15-19-14(23-20-15)8-7-13-2-1-9-22-13/h1-6,9H,7-8,10H2,(H,18,21). The lowest BCUT2D eigenvalue weighted by Gasteiger charge is -2.02. The van der Waals surface area contributed by atoms with Crippen molar-refractivity contribution in [3.8, 4) is 0 Å². The summed E-state index contributed by atoms with van der Waals surface area (Å²) in [4.78, 5) is 16.0. The molecule has 2 heterocycles. The summed E-state index contributed by atoms with van der Waals surface area (Å²) in [6.07, 6.45) is 2.70. The summed E-state index contributed by atoms with van der Waals surface area (Å²) < 4.78 is 23.0. The normalized spacial score (nSPS) is 10.7. The highest BCUT2D eigenvalue weighted by Gasteiger charge is 2.14. The Morgan fingerprint density at radius 2 is 2.00 bits per heavy atom. The largest absolute Gasteiger partial charge is 0.469 e. The monoisotopic (exact) mass is 315 g/mol. The molecule has 1 aromatic carbocycles. The molecule has 0 spiro atoms. The zero-order chi connectivity index (χ0) is 16.1. The fraction of sp³-hybridized carbons (Fsp3) is 0.188. The summed E-state index contributed by atoms with van der Waals surface area (Å²) in [6, 6.07) is 9.52. The van der Waals surface area contributed by atoms with Gasteiger partial charge in [0.05, 0.1) is 6.26 Å². The van der Waals surface area contributed by atoms with E-state index >= 15 is 0 Å². The van der Waals surface area contributed by atoms with Gasteiger partial charge >= 0.3 is 0 Å². The minimum absolute atomic E-state index is 0.0263. The second-order valence-electron chi connectivity index (χ2n) is 4.90. The van der Waals surface area contributed by atoms with E-state index in [1.165, 1.54) is 12.1 Å². The average molecular weight is 315 g/mol. The summed E-state index contributed by atoms with van der Waals surface area (Å²) in [7, 11) is 0. The maximum absolute atomic E-state index is 12.8. The molecular formula is C16H14FN3O3. The predicted octanol–water partition coefficient (Wildman–Crippen LogP) is 2.52. The van der Waals surface area contributed by atoms with E-state index in [-0.39, 0.29) is 18.2 Å². The number of benzene rings is 1. The van der Waals surface area contributed by atoms with Crippen LogP contribution in [0.1, 0.15) is 27.8 Å². The van der Waals surface area contributed by atoms with Crippen LogP contribution >= 0.6 is 0 Å². The third-order valence-electron chi connectivity index (χ3n) is 3.20. The van der Waals surface area contributed by atoms with Crippen LogP contribution in [0.2, 0.25) is 0 Å². The molecule has 0 saturated carbocycles. The first-order valence-electron chi connectivity index (χ1n) is 7.08. The molecule has 0 unspecified atom stereocenters. The molecule has 3 aromatic rings. The first kappa shape index (κ1) is 15.0. The zero-order valence-corrected chi connectivity index (χ0v) is 12.2. The van der Waals surface area contributed by atoms with Gasteiger partial charge in [0, 0.05) is 19.4 Å². The lowest BCUT2D eigenvalue weighted by Crippen LogP contribution is -2.24. The summed E-state index contributed by atoms with van der Waals surface area (Å²) in [6.45, 7) is 0.259. The van der Waals surface area contributed by atoms with E-state index in [9.17, 15) is 9.18 Å². The van der Waals surface area contributed by atoms with Crippen molar-refractivity contribution in [2.45, 2.75) is 19.4 Å². The van der Waals surface area contributed by atoms with Gasteiger partial charge < -0.3 is 14.3 Å². The van der Waals surface area contributed by atoms with Gasteiger partial charge in [-0.1, -0.05) is 17.3 Å². The third kappa shape index (κ3) is 4.03. The molecule has 3 rings (SSSR count). The Morgan fingerprint density at radius 1 is 1.17 bits per heavy atom. The van der Waals surface area contributed by atoms with Gasteiger partial charge in [-0.15, -0.1) is 0 Å². The Morgan fingerprint density at radius 3 is 2.74 bits per heavy atom. The Labute approximate surface area is 131 Å². The van der Waals surface area contributed by atoms with E-state index in [1.54, 1.807) is 24.5 Å². The summed E-state index contributed by atoms with van der Waals surface area (Å²) in [5, 5.41) is 6.31.